The Morgan fingerprint density at radius 1 is 1.38 bits per heavy atom. The van der Waals surface area contributed by atoms with Gasteiger partial charge < -0.3 is 5.32 Å². The molecule has 1 aromatic heterocycles. The molecule has 1 amide bonds. The number of hydrogen-bond donors (Lipinski definition) is 1. The van der Waals surface area contributed by atoms with E-state index < -0.39 is 0 Å². The zero-order valence-electron chi connectivity index (χ0n) is 16.0. The first-order valence-corrected chi connectivity index (χ1v) is 10.4. The molecule has 26 heavy (non-hydrogen) atoms. The zero-order chi connectivity index (χ0) is 18.5. The highest BCUT2D eigenvalue weighted by Crippen LogP contribution is 2.21. The van der Waals surface area contributed by atoms with Gasteiger partial charge in [0.15, 0.2) is 5.13 Å². The number of anilines is 1. The number of nitrogens with one attached hydrogen (secondary N) is 1. The van der Waals surface area contributed by atoms with Gasteiger partial charge in [-0.1, -0.05) is 30.7 Å². The molecule has 140 valence electrons. The number of likely N-dealkylation sites (tertiary alicyclic amines) is 1. The van der Waals surface area contributed by atoms with Gasteiger partial charge in [0.2, 0.25) is 5.91 Å². The van der Waals surface area contributed by atoms with Gasteiger partial charge in [-0.3, -0.25) is 9.69 Å². The Hall–Kier alpha value is -1.72. The van der Waals surface area contributed by atoms with E-state index in [9.17, 15) is 4.79 Å². The van der Waals surface area contributed by atoms with Crippen molar-refractivity contribution in [2.75, 3.05) is 18.4 Å². The lowest BCUT2D eigenvalue weighted by Crippen LogP contribution is -2.33. The molecule has 5 heteroatoms. The van der Waals surface area contributed by atoms with E-state index in [1.165, 1.54) is 40.9 Å². The topological polar surface area (TPSA) is 45.2 Å². The summed E-state index contributed by atoms with van der Waals surface area (Å²) >= 11 is 1.52. The second-order valence-electron chi connectivity index (χ2n) is 7.60. The fraction of sp³-hybridized carbons (Fsp3) is 0.524. The van der Waals surface area contributed by atoms with E-state index in [1.807, 2.05) is 0 Å². The number of aryl methyl sites for hydroxylation is 3. The van der Waals surface area contributed by atoms with Crippen LogP contribution in [0.15, 0.2) is 23.6 Å². The maximum Gasteiger partial charge on any atom is 0.226 e. The molecule has 3 rings (SSSR count). The summed E-state index contributed by atoms with van der Waals surface area (Å²) in [5.41, 5.74) is 4.82. The molecule has 1 aliphatic heterocycles. The number of carbonyl (C=O) groups is 1. The van der Waals surface area contributed by atoms with Gasteiger partial charge in [-0.25, -0.2) is 4.98 Å². The average molecular weight is 372 g/mol. The van der Waals surface area contributed by atoms with E-state index in [-0.39, 0.29) is 5.91 Å². The van der Waals surface area contributed by atoms with Crippen molar-refractivity contribution in [1.29, 1.82) is 0 Å². The summed E-state index contributed by atoms with van der Waals surface area (Å²) in [7, 11) is 0. The van der Waals surface area contributed by atoms with Crippen LogP contribution >= 0.6 is 11.3 Å². The van der Waals surface area contributed by atoms with Gasteiger partial charge in [-0.05, 0) is 56.7 Å². The third-order valence-electron chi connectivity index (χ3n) is 5.04. The van der Waals surface area contributed by atoms with Gasteiger partial charge in [0, 0.05) is 24.9 Å². The number of piperidine rings is 1. The smallest absolute Gasteiger partial charge is 0.226 e. The number of hydrogen-bond acceptors (Lipinski definition) is 4. The van der Waals surface area contributed by atoms with Crippen molar-refractivity contribution in [3.63, 3.8) is 0 Å². The quantitative estimate of drug-likeness (QED) is 0.809. The highest BCUT2D eigenvalue weighted by molar-refractivity contribution is 7.13. The molecule has 1 atom stereocenters. The maximum atomic E-state index is 12.3. The summed E-state index contributed by atoms with van der Waals surface area (Å²) in [4.78, 5) is 19.3. The van der Waals surface area contributed by atoms with Crippen LogP contribution in [0.2, 0.25) is 0 Å². The molecule has 2 heterocycles. The van der Waals surface area contributed by atoms with Crippen molar-refractivity contribution < 1.29 is 4.79 Å². The molecule has 0 radical (unpaired) electrons. The van der Waals surface area contributed by atoms with Gasteiger partial charge in [0.1, 0.15) is 0 Å². The summed E-state index contributed by atoms with van der Waals surface area (Å²) in [6, 6.07) is 6.40. The van der Waals surface area contributed by atoms with E-state index in [0.717, 1.165) is 42.8 Å². The molecular weight excluding hydrogens is 342 g/mol. The third kappa shape index (κ3) is 5.39. The number of carbonyl (C=O) groups excluding carboxylic acids is 1. The fourth-order valence-corrected chi connectivity index (χ4v) is 4.37. The van der Waals surface area contributed by atoms with E-state index >= 15 is 0 Å². The van der Waals surface area contributed by atoms with Crippen LogP contribution in [0, 0.1) is 19.8 Å². The van der Waals surface area contributed by atoms with Gasteiger partial charge in [0.05, 0.1) is 5.69 Å². The molecule has 0 spiro atoms. The van der Waals surface area contributed by atoms with Crippen molar-refractivity contribution in [3.05, 3.63) is 46.0 Å². The second-order valence-corrected chi connectivity index (χ2v) is 8.46. The molecule has 0 saturated carbocycles. The van der Waals surface area contributed by atoms with Gasteiger partial charge in [0.25, 0.3) is 0 Å². The molecule has 1 N–H and O–H groups in total. The maximum absolute atomic E-state index is 12.3. The van der Waals surface area contributed by atoms with Crippen LogP contribution in [0.25, 0.3) is 0 Å². The summed E-state index contributed by atoms with van der Waals surface area (Å²) in [6.07, 6.45) is 3.85. The number of aromatic nitrogens is 1. The largest absolute Gasteiger partial charge is 0.302 e. The Morgan fingerprint density at radius 2 is 2.23 bits per heavy atom. The normalized spacial score (nSPS) is 18.0. The molecule has 1 aliphatic rings. The minimum atomic E-state index is 0.0393. The average Bonchev–Trinajstić information content (AvgIpc) is 3.01. The first kappa shape index (κ1) is 19.1. The van der Waals surface area contributed by atoms with Crippen molar-refractivity contribution in [2.45, 2.75) is 53.0 Å². The van der Waals surface area contributed by atoms with Crippen LogP contribution in [0.4, 0.5) is 5.13 Å². The predicted molar refractivity (Wildman–Crippen MR) is 109 cm³/mol. The number of amides is 1. The number of benzene rings is 1. The molecule has 0 bridgehead atoms. The molecule has 0 aliphatic carbocycles. The Morgan fingerprint density at radius 3 is 3.00 bits per heavy atom. The van der Waals surface area contributed by atoms with Crippen molar-refractivity contribution in [2.24, 2.45) is 5.92 Å². The van der Waals surface area contributed by atoms with Crippen LogP contribution in [-0.2, 0) is 17.8 Å². The van der Waals surface area contributed by atoms with E-state index in [4.69, 9.17) is 0 Å². The van der Waals surface area contributed by atoms with Crippen LogP contribution in [0.3, 0.4) is 0 Å². The van der Waals surface area contributed by atoms with Crippen LogP contribution in [-0.4, -0.2) is 28.9 Å². The Labute approximate surface area is 160 Å². The zero-order valence-corrected chi connectivity index (χ0v) is 16.9. The standard InChI is InChI=1S/C21H29N3OS/c1-15-6-7-18(17(3)11-15)8-9-20(25)23-21-22-19(14-26-21)13-24-10-4-5-16(2)12-24/h6-7,11,14,16H,4-5,8-10,12-13H2,1-3H3,(H,22,23,25). The Kier molecular flexibility index (Phi) is 6.43. The number of nitrogens with zero attached hydrogens (tertiary/aromatic N) is 2. The SMILES string of the molecule is Cc1ccc(CCC(=O)Nc2nc(CN3CCCC(C)C3)cs2)c(C)c1. The van der Waals surface area contributed by atoms with Gasteiger partial charge in [-0.2, -0.15) is 0 Å². The van der Waals surface area contributed by atoms with Gasteiger partial charge in [-0.15, -0.1) is 11.3 Å². The lowest BCUT2D eigenvalue weighted by atomic mass is 10.0. The fourth-order valence-electron chi connectivity index (χ4n) is 3.65. The molecule has 2 aromatic rings. The minimum absolute atomic E-state index is 0.0393. The third-order valence-corrected chi connectivity index (χ3v) is 5.85. The number of thiazole rings is 1. The molecule has 1 saturated heterocycles. The van der Waals surface area contributed by atoms with Crippen molar-refractivity contribution in [3.8, 4) is 0 Å². The lowest BCUT2D eigenvalue weighted by molar-refractivity contribution is -0.116. The highest BCUT2D eigenvalue weighted by Gasteiger charge is 2.17. The van der Waals surface area contributed by atoms with Crippen LogP contribution in [0.5, 0.6) is 0 Å². The summed E-state index contributed by atoms with van der Waals surface area (Å²) in [6.45, 7) is 9.70. The lowest BCUT2D eigenvalue weighted by Gasteiger charge is -2.30. The molecule has 1 fully saturated rings. The monoisotopic (exact) mass is 371 g/mol. The molecule has 1 aromatic carbocycles. The second kappa shape index (κ2) is 8.78. The minimum Gasteiger partial charge on any atom is -0.302 e. The summed E-state index contributed by atoms with van der Waals surface area (Å²) in [5, 5.41) is 5.75. The van der Waals surface area contributed by atoms with E-state index in [2.05, 4.69) is 59.6 Å². The summed E-state index contributed by atoms with van der Waals surface area (Å²) in [5.74, 6) is 0.809. The van der Waals surface area contributed by atoms with E-state index in [0.29, 0.717) is 6.42 Å². The summed E-state index contributed by atoms with van der Waals surface area (Å²) < 4.78 is 0. The Balaban J connectivity index is 1.48. The van der Waals surface area contributed by atoms with Crippen LogP contribution in [0.1, 0.15) is 48.6 Å². The molecule has 4 nitrogen and oxygen atoms in total. The predicted octanol–water partition coefficient (Wildman–Crippen LogP) is 4.56. The van der Waals surface area contributed by atoms with Crippen molar-refractivity contribution in [1.82, 2.24) is 9.88 Å². The first-order chi connectivity index (χ1) is 12.5. The highest BCUT2D eigenvalue weighted by atomic mass is 32.1. The van der Waals surface area contributed by atoms with E-state index in [1.54, 1.807) is 0 Å². The molecule has 1 unspecified atom stereocenters. The van der Waals surface area contributed by atoms with Crippen molar-refractivity contribution >= 4 is 22.4 Å². The van der Waals surface area contributed by atoms with Crippen LogP contribution < -0.4 is 5.32 Å². The first-order valence-electron chi connectivity index (χ1n) is 9.52. The number of rotatable bonds is 6. The van der Waals surface area contributed by atoms with Gasteiger partial charge >= 0.3 is 0 Å². The Bertz CT molecular complexity index is 755. The molecular formula is C21H29N3OS.